The Balaban J connectivity index is 2.00. The number of hydrogen-bond acceptors (Lipinski definition) is 4. The van der Waals surface area contributed by atoms with Gasteiger partial charge in [-0.1, -0.05) is 18.2 Å². The molecule has 0 unspecified atom stereocenters. The lowest BCUT2D eigenvalue weighted by atomic mass is 10.0. The van der Waals surface area contributed by atoms with Gasteiger partial charge in [0.2, 0.25) is 0 Å². The lowest BCUT2D eigenvalue weighted by Crippen LogP contribution is -2.03. The number of thiophene rings is 1. The highest BCUT2D eigenvalue weighted by molar-refractivity contribution is 7.20. The largest absolute Gasteiger partial charge is 0.465 e. The maximum atomic E-state index is 11.5. The van der Waals surface area contributed by atoms with Crippen molar-refractivity contribution in [2.75, 3.05) is 20.3 Å². The van der Waals surface area contributed by atoms with Crippen molar-refractivity contribution in [1.29, 1.82) is 0 Å². The predicted molar refractivity (Wildman–Crippen MR) is 76.6 cm³/mol. The number of fused-ring (bicyclic) bond motifs is 1. The topological polar surface area (TPSA) is 35.5 Å². The summed E-state index contributed by atoms with van der Waals surface area (Å²) >= 11 is 1.48. The van der Waals surface area contributed by atoms with Gasteiger partial charge in [0, 0.05) is 4.70 Å². The third kappa shape index (κ3) is 2.41. The van der Waals surface area contributed by atoms with Crippen LogP contribution in [0.15, 0.2) is 30.3 Å². The van der Waals surface area contributed by atoms with Gasteiger partial charge < -0.3 is 9.47 Å². The van der Waals surface area contributed by atoms with Crippen LogP contribution in [0.4, 0.5) is 0 Å². The first-order chi connectivity index (χ1) is 9.28. The molecule has 0 radical (unpaired) electrons. The smallest absolute Gasteiger partial charge is 0.348 e. The number of carbonyl (C=O) groups is 1. The minimum absolute atomic E-state index is 0.270. The first-order valence-corrected chi connectivity index (χ1v) is 6.98. The number of ether oxygens (including phenoxy) is 2. The van der Waals surface area contributed by atoms with Gasteiger partial charge in [-0.15, -0.1) is 11.3 Å². The Morgan fingerprint density at radius 2 is 2.26 bits per heavy atom. The van der Waals surface area contributed by atoms with E-state index in [1.165, 1.54) is 29.6 Å². The van der Waals surface area contributed by atoms with E-state index in [9.17, 15) is 4.79 Å². The molecule has 3 nitrogen and oxygen atoms in total. The molecule has 1 aliphatic heterocycles. The molecule has 98 valence electrons. The fraction of sp³-hybridized carbons (Fsp3) is 0.267. The summed E-state index contributed by atoms with van der Waals surface area (Å²) in [7, 11) is 1.41. The van der Waals surface area contributed by atoms with Gasteiger partial charge in [0.1, 0.15) is 4.88 Å². The van der Waals surface area contributed by atoms with Crippen LogP contribution in [0.3, 0.4) is 0 Å². The molecule has 0 saturated heterocycles. The molecule has 4 heteroatoms. The van der Waals surface area contributed by atoms with E-state index >= 15 is 0 Å². The molecular weight excluding hydrogens is 260 g/mol. The molecule has 0 spiro atoms. The van der Waals surface area contributed by atoms with Gasteiger partial charge >= 0.3 is 5.97 Å². The second-order valence-corrected chi connectivity index (χ2v) is 5.49. The van der Waals surface area contributed by atoms with Crippen LogP contribution in [0.5, 0.6) is 0 Å². The molecule has 1 aliphatic rings. The summed E-state index contributed by atoms with van der Waals surface area (Å²) in [4.78, 5) is 12.2. The van der Waals surface area contributed by atoms with Gasteiger partial charge in [0.05, 0.1) is 20.3 Å². The van der Waals surface area contributed by atoms with E-state index in [-0.39, 0.29) is 5.97 Å². The number of hydrogen-bond donors (Lipinski definition) is 0. The van der Waals surface area contributed by atoms with Crippen LogP contribution in [0.2, 0.25) is 0 Å². The third-order valence-corrected chi connectivity index (χ3v) is 4.32. The minimum atomic E-state index is -0.270. The Bertz CT molecular complexity index is 654. The highest BCUT2D eigenvalue weighted by Crippen LogP contribution is 2.30. The van der Waals surface area contributed by atoms with E-state index in [1.54, 1.807) is 0 Å². The number of rotatable bonds is 2. The Morgan fingerprint density at radius 3 is 3.00 bits per heavy atom. The SMILES string of the molecule is COC(=O)c1cc2ccc(C3=CCOCC3)cc2s1. The van der Waals surface area contributed by atoms with Gasteiger partial charge in [0.15, 0.2) is 0 Å². The second-order valence-electron chi connectivity index (χ2n) is 4.41. The molecule has 0 saturated carbocycles. The Morgan fingerprint density at radius 1 is 1.37 bits per heavy atom. The van der Waals surface area contributed by atoms with Crippen molar-refractivity contribution in [2.24, 2.45) is 0 Å². The van der Waals surface area contributed by atoms with Crippen LogP contribution in [-0.4, -0.2) is 26.3 Å². The highest BCUT2D eigenvalue weighted by atomic mass is 32.1. The van der Waals surface area contributed by atoms with E-state index in [2.05, 4.69) is 24.3 Å². The van der Waals surface area contributed by atoms with Gasteiger partial charge in [0.25, 0.3) is 0 Å². The number of esters is 1. The molecule has 1 aromatic heterocycles. The van der Waals surface area contributed by atoms with Gasteiger partial charge in [-0.2, -0.15) is 0 Å². The summed E-state index contributed by atoms with van der Waals surface area (Å²) in [6, 6.07) is 8.19. The van der Waals surface area contributed by atoms with E-state index in [1.807, 2.05) is 6.07 Å². The average Bonchev–Trinajstić information content (AvgIpc) is 2.90. The fourth-order valence-electron chi connectivity index (χ4n) is 2.22. The van der Waals surface area contributed by atoms with Crippen molar-refractivity contribution in [3.8, 4) is 0 Å². The molecule has 1 aromatic carbocycles. The first kappa shape index (κ1) is 12.4. The normalized spacial score (nSPS) is 15.3. The summed E-state index contributed by atoms with van der Waals surface area (Å²) in [5.74, 6) is -0.270. The maximum Gasteiger partial charge on any atom is 0.348 e. The second kappa shape index (κ2) is 5.15. The molecule has 3 rings (SSSR count). The molecule has 0 amide bonds. The van der Waals surface area contributed by atoms with E-state index in [0.29, 0.717) is 11.5 Å². The molecular formula is C15H14O3S. The van der Waals surface area contributed by atoms with Crippen molar-refractivity contribution < 1.29 is 14.3 Å². The fourth-order valence-corrected chi connectivity index (χ4v) is 3.24. The summed E-state index contributed by atoms with van der Waals surface area (Å²) in [5.41, 5.74) is 2.54. The zero-order valence-corrected chi connectivity index (χ0v) is 11.5. The van der Waals surface area contributed by atoms with Crippen molar-refractivity contribution in [3.05, 3.63) is 40.8 Å². The van der Waals surface area contributed by atoms with E-state index in [4.69, 9.17) is 9.47 Å². The standard InChI is InChI=1S/C15H14O3S/c1-17-15(16)14-9-12-3-2-11(8-13(12)19-14)10-4-6-18-7-5-10/h2-4,8-9H,5-7H2,1H3. The van der Waals surface area contributed by atoms with Crippen LogP contribution in [0.25, 0.3) is 15.7 Å². The maximum absolute atomic E-state index is 11.5. The van der Waals surface area contributed by atoms with Crippen LogP contribution in [-0.2, 0) is 9.47 Å². The lowest BCUT2D eigenvalue weighted by molar-refractivity contribution is 0.0606. The van der Waals surface area contributed by atoms with Gasteiger partial charge in [-0.25, -0.2) is 4.79 Å². The predicted octanol–water partition coefficient (Wildman–Crippen LogP) is 3.49. The van der Waals surface area contributed by atoms with Crippen molar-refractivity contribution in [3.63, 3.8) is 0 Å². The zero-order chi connectivity index (χ0) is 13.2. The lowest BCUT2D eigenvalue weighted by Gasteiger charge is -2.13. The number of carbonyl (C=O) groups excluding carboxylic acids is 1. The van der Waals surface area contributed by atoms with Crippen molar-refractivity contribution >= 4 is 33.0 Å². The Labute approximate surface area is 115 Å². The molecule has 0 fully saturated rings. The van der Waals surface area contributed by atoms with Crippen LogP contribution in [0, 0.1) is 0 Å². The number of methoxy groups -OCH3 is 1. The van der Waals surface area contributed by atoms with Crippen LogP contribution >= 0.6 is 11.3 Å². The zero-order valence-electron chi connectivity index (χ0n) is 10.6. The number of benzene rings is 1. The van der Waals surface area contributed by atoms with Crippen molar-refractivity contribution in [2.45, 2.75) is 6.42 Å². The summed E-state index contributed by atoms with van der Waals surface area (Å²) in [5, 5.41) is 1.09. The third-order valence-electron chi connectivity index (χ3n) is 3.24. The first-order valence-electron chi connectivity index (χ1n) is 6.17. The molecule has 2 aromatic rings. The van der Waals surface area contributed by atoms with E-state index < -0.39 is 0 Å². The molecule has 0 aliphatic carbocycles. The highest BCUT2D eigenvalue weighted by Gasteiger charge is 2.12. The molecule has 19 heavy (non-hydrogen) atoms. The Hall–Kier alpha value is -1.65. The van der Waals surface area contributed by atoms with E-state index in [0.717, 1.165) is 23.1 Å². The minimum Gasteiger partial charge on any atom is -0.465 e. The van der Waals surface area contributed by atoms with Crippen LogP contribution < -0.4 is 0 Å². The monoisotopic (exact) mass is 274 g/mol. The molecule has 0 bridgehead atoms. The van der Waals surface area contributed by atoms with Gasteiger partial charge in [-0.3, -0.25) is 0 Å². The summed E-state index contributed by atoms with van der Waals surface area (Å²) in [6.45, 7) is 1.47. The summed E-state index contributed by atoms with van der Waals surface area (Å²) in [6.07, 6.45) is 3.07. The quantitative estimate of drug-likeness (QED) is 0.786. The van der Waals surface area contributed by atoms with Crippen LogP contribution in [0.1, 0.15) is 21.7 Å². The molecule has 0 atom stereocenters. The molecule has 0 N–H and O–H groups in total. The molecule has 2 heterocycles. The average molecular weight is 274 g/mol. The summed E-state index contributed by atoms with van der Waals surface area (Å²) < 4.78 is 11.2. The Kier molecular flexibility index (Phi) is 3.36. The van der Waals surface area contributed by atoms with Gasteiger partial charge in [-0.05, 0) is 35.1 Å². The van der Waals surface area contributed by atoms with Crippen molar-refractivity contribution in [1.82, 2.24) is 0 Å².